The molecule has 0 spiro atoms. The lowest BCUT2D eigenvalue weighted by Crippen LogP contribution is -1.96. The molecule has 3 nitrogen and oxygen atoms in total. The molecule has 27 heavy (non-hydrogen) atoms. The highest BCUT2D eigenvalue weighted by Crippen LogP contribution is 2.12. The number of hydrogen-bond acceptors (Lipinski definition) is 3. The van der Waals surface area contributed by atoms with Crippen LogP contribution in [0.25, 0.3) is 6.08 Å². The number of hydrogen-bond donors (Lipinski definition) is 1. The van der Waals surface area contributed by atoms with Crippen LogP contribution in [0.4, 0.5) is 5.69 Å². The number of ether oxygens (including phenoxy) is 1. The summed E-state index contributed by atoms with van der Waals surface area (Å²) in [6.45, 7) is 0. The van der Waals surface area contributed by atoms with Gasteiger partial charge in [-0.15, -0.1) is 0 Å². The summed E-state index contributed by atoms with van der Waals surface area (Å²) in [5, 5.41) is 4.44. The molecular formula is C24H20N2O. The van der Waals surface area contributed by atoms with E-state index in [0.717, 1.165) is 22.6 Å². The summed E-state index contributed by atoms with van der Waals surface area (Å²) >= 11 is 0. The third kappa shape index (κ3) is 5.91. The Morgan fingerprint density at radius 1 is 0.889 bits per heavy atom. The zero-order chi connectivity index (χ0) is 18.7. The van der Waals surface area contributed by atoms with Crippen LogP contribution in [0.1, 0.15) is 11.1 Å². The first-order valence-electron chi connectivity index (χ1n) is 8.61. The molecule has 0 aliphatic heterocycles. The van der Waals surface area contributed by atoms with Gasteiger partial charge in [0.15, 0.2) is 0 Å². The Labute approximate surface area is 160 Å². The van der Waals surface area contributed by atoms with Crippen molar-refractivity contribution in [3.63, 3.8) is 0 Å². The summed E-state index contributed by atoms with van der Waals surface area (Å²) in [5.74, 6) is 7.10. The van der Waals surface area contributed by atoms with E-state index in [9.17, 15) is 0 Å². The molecule has 0 bridgehead atoms. The third-order valence-corrected chi connectivity index (χ3v) is 3.74. The average molecular weight is 352 g/mol. The molecule has 0 radical (unpaired) electrons. The highest BCUT2D eigenvalue weighted by molar-refractivity contribution is 6.11. The van der Waals surface area contributed by atoms with Crippen molar-refractivity contribution in [1.29, 1.82) is 0 Å². The molecule has 0 aliphatic rings. The van der Waals surface area contributed by atoms with E-state index in [1.165, 1.54) is 0 Å². The van der Waals surface area contributed by atoms with E-state index in [1.807, 2.05) is 97.1 Å². The monoisotopic (exact) mass is 352 g/mol. The number of hydrazone groups is 1. The van der Waals surface area contributed by atoms with Crippen molar-refractivity contribution in [3.05, 3.63) is 102 Å². The molecule has 0 aliphatic carbocycles. The predicted molar refractivity (Wildman–Crippen MR) is 113 cm³/mol. The van der Waals surface area contributed by atoms with Gasteiger partial charge in [0.25, 0.3) is 0 Å². The maximum absolute atomic E-state index is 5.19. The number of anilines is 1. The van der Waals surface area contributed by atoms with E-state index < -0.39 is 0 Å². The largest absolute Gasteiger partial charge is 0.497 e. The van der Waals surface area contributed by atoms with Crippen LogP contribution in [0.2, 0.25) is 0 Å². The number of benzene rings is 3. The standard InChI is InChI=1S/C24H20N2O/c1-27-24-18-14-21(15-19-24)13-17-23(16-12-20-8-4-2-5-9-20)26-25-22-10-6-3-7-11-22/h2-11,13-15,17-19,25H,1H3. The van der Waals surface area contributed by atoms with Crippen LogP contribution in [-0.2, 0) is 0 Å². The van der Waals surface area contributed by atoms with Gasteiger partial charge in [-0.25, -0.2) is 0 Å². The lowest BCUT2D eigenvalue weighted by Gasteiger charge is -2.00. The Bertz CT molecular complexity index is 964. The minimum Gasteiger partial charge on any atom is -0.497 e. The van der Waals surface area contributed by atoms with Gasteiger partial charge in [-0.1, -0.05) is 60.5 Å². The second kappa shape index (κ2) is 9.65. The number of para-hydroxylation sites is 1. The van der Waals surface area contributed by atoms with Gasteiger partial charge in [0.05, 0.1) is 12.8 Å². The van der Waals surface area contributed by atoms with Crippen molar-refractivity contribution >= 4 is 17.5 Å². The van der Waals surface area contributed by atoms with Crippen molar-refractivity contribution in [1.82, 2.24) is 0 Å². The fourth-order valence-electron chi connectivity index (χ4n) is 2.29. The van der Waals surface area contributed by atoms with Gasteiger partial charge in [0.2, 0.25) is 0 Å². The van der Waals surface area contributed by atoms with Crippen molar-refractivity contribution < 1.29 is 4.74 Å². The fraction of sp³-hybridized carbons (Fsp3) is 0.0417. The number of allylic oxidation sites excluding steroid dienone is 1. The van der Waals surface area contributed by atoms with Crippen molar-refractivity contribution in [2.24, 2.45) is 5.10 Å². The van der Waals surface area contributed by atoms with Gasteiger partial charge in [-0.2, -0.15) is 5.10 Å². The summed E-state index contributed by atoms with van der Waals surface area (Å²) in [7, 11) is 1.66. The zero-order valence-corrected chi connectivity index (χ0v) is 15.1. The molecule has 3 heteroatoms. The highest BCUT2D eigenvalue weighted by atomic mass is 16.5. The minimum atomic E-state index is 0.638. The SMILES string of the molecule is COc1ccc(C=CC(C#Cc2ccccc2)=NNc2ccccc2)cc1. The molecule has 132 valence electrons. The van der Waals surface area contributed by atoms with E-state index in [1.54, 1.807) is 7.11 Å². The van der Waals surface area contributed by atoms with E-state index >= 15 is 0 Å². The smallest absolute Gasteiger partial charge is 0.133 e. The Hall–Kier alpha value is -3.77. The molecule has 3 rings (SSSR count). The Morgan fingerprint density at radius 2 is 1.56 bits per heavy atom. The first kappa shape index (κ1) is 18.0. The van der Waals surface area contributed by atoms with Crippen LogP contribution in [0.3, 0.4) is 0 Å². The van der Waals surface area contributed by atoms with E-state index in [2.05, 4.69) is 22.4 Å². The van der Waals surface area contributed by atoms with Crippen LogP contribution >= 0.6 is 0 Å². The fourth-order valence-corrected chi connectivity index (χ4v) is 2.29. The normalized spacial score (nSPS) is 10.9. The quantitative estimate of drug-likeness (QED) is 0.388. The van der Waals surface area contributed by atoms with Crippen molar-refractivity contribution in [3.8, 4) is 17.6 Å². The molecule has 3 aromatic carbocycles. The third-order valence-electron chi connectivity index (χ3n) is 3.74. The molecule has 1 N–H and O–H groups in total. The summed E-state index contributed by atoms with van der Waals surface area (Å²) in [6, 6.07) is 27.5. The number of methoxy groups -OCH3 is 1. The lowest BCUT2D eigenvalue weighted by molar-refractivity contribution is 0.415. The average Bonchev–Trinajstić information content (AvgIpc) is 2.75. The van der Waals surface area contributed by atoms with Gasteiger partial charge in [-0.05, 0) is 54.0 Å². The van der Waals surface area contributed by atoms with Crippen LogP contribution in [-0.4, -0.2) is 12.8 Å². The number of nitrogens with one attached hydrogen (secondary N) is 1. The molecular weight excluding hydrogens is 332 g/mol. The summed E-state index contributed by atoms with van der Waals surface area (Å²) in [5.41, 5.74) is 6.59. The van der Waals surface area contributed by atoms with Crippen LogP contribution in [0.15, 0.2) is 96.1 Å². The van der Waals surface area contributed by atoms with E-state index in [-0.39, 0.29) is 0 Å². The second-order valence-corrected chi connectivity index (χ2v) is 5.70. The number of rotatable bonds is 5. The Balaban J connectivity index is 1.82. The van der Waals surface area contributed by atoms with Gasteiger partial charge in [0, 0.05) is 5.56 Å². The molecule has 0 saturated carbocycles. The van der Waals surface area contributed by atoms with Crippen molar-refractivity contribution in [2.45, 2.75) is 0 Å². The molecule has 0 atom stereocenters. The maximum Gasteiger partial charge on any atom is 0.133 e. The van der Waals surface area contributed by atoms with E-state index in [4.69, 9.17) is 4.74 Å². The molecule has 0 fully saturated rings. The summed E-state index contributed by atoms with van der Waals surface area (Å²) < 4.78 is 5.19. The molecule has 0 unspecified atom stereocenters. The van der Waals surface area contributed by atoms with Gasteiger partial charge in [0.1, 0.15) is 11.5 Å². The molecule has 0 heterocycles. The molecule has 0 aromatic heterocycles. The first-order chi connectivity index (χ1) is 13.3. The van der Waals surface area contributed by atoms with Gasteiger partial charge >= 0.3 is 0 Å². The van der Waals surface area contributed by atoms with Gasteiger partial charge < -0.3 is 4.74 Å². The maximum atomic E-state index is 5.19. The second-order valence-electron chi connectivity index (χ2n) is 5.70. The predicted octanol–water partition coefficient (Wildman–Crippen LogP) is 5.23. The van der Waals surface area contributed by atoms with Crippen LogP contribution in [0, 0.1) is 11.8 Å². The Morgan fingerprint density at radius 3 is 2.22 bits per heavy atom. The number of nitrogens with zero attached hydrogens (tertiary/aromatic N) is 1. The zero-order valence-electron chi connectivity index (χ0n) is 15.1. The van der Waals surface area contributed by atoms with Crippen LogP contribution < -0.4 is 10.2 Å². The minimum absolute atomic E-state index is 0.638. The molecule has 0 amide bonds. The summed E-state index contributed by atoms with van der Waals surface area (Å²) in [6.07, 6.45) is 3.87. The van der Waals surface area contributed by atoms with Crippen molar-refractivity contribution in [2.75, 3.05) is 12.5 Å². The molecule has 3 aromatic rings. The van der Waals surface area contributed by atoms with Gasteiger partial charge in [-0.3, -0.25) is 5.43 Å². The Kier molecular flexibility index (Phi) is 6.44. The van der Waals surface area contributed by atoms with Crippen LogP contribution in [0.5, 0.6) is 5.75 Å². The lowest BCUT2D eigenvalue weighted by atomic mass is 10.1. The highest BCUT2D eigenvalue weighted by Gasteiger charge is 1.94. The van der Waals surface area contributed by atoms with E-state index in [0.29, 0.717) is 5.71 Å². The molecule has 0 saturated heterocycles. The topological polar surface area (TPSA) is 33.6 Å². The first-order valence-corrected chi connectivity index (χ1v) is 8.61. The summed E-state index contributed by atoms with van der Waals surface area (Å²) in [4.78, 5) is 0.